The van der Waals surface area contributed by atoms with Crippen molar-refractivity contribution < 1.29 is 4.21 Å². The van der Waals surface area contributed by atoms with Crippen molar-refractivity contribution in [1.82, 2.24) is 15.5 Å². The van der Waals surface area contributed by atoms with E-state index in [1.165, 1.54) is 6.42 Å². The highest BCUT2D eigenvalue weighted by Gasteiger charge is 2.25. The van der Waals surface area contributed by atoms with Crippen LogP contribution in [0.15, 0.2) is 4.99 Å². The molecule has 0 aromatic heterocycles. The predicted octanol–water partition coefficient (Wildman–Crippen LogP) is 1.96. The molecular weight excluding hydrogens is 308 g/mol. The van der Waals surface area contributed by atoms with Gasteiger partial charge >= 0.3 is 0 Å². The lowest BCUT2D eigenvalue weighted by Crippen LogP contribution is -2.48. The van der Waals surface area contributed by atoms with Crippen LogP contribution in [0.4, 0.5) is 0 Å². The molecule has 23 heavy (non-hydrogen) atoms. The van der Waals surface area contributed by atoms with Crippen LogP contribution >= 0.6 is 0 Å². The minimum atomic E-state index is -0.676. The minimum absolute atomic E-state index is 0.348. The van der Waals surface area contributed by atoms with Crippen LogP contribution in [0, 0.1) is 0 Å². The van der Waals surface area contributed by atoms with Crippen LogP contribution in [0.2, 0.25) is 0 Å². The second-order valence-corrected chi connectivity index (χ2v) is 8.54. The molecule has 0 amide bonds. The summed E-state index contributed by atoms with van der Waals surface area (Å²) < 4.78 is 12.0. The van der Waals surface area contributed by atoms with E-state index in [2.05, 4.69) is 41.4 Å². The van der Waals surface area contributed by atoms with Gasteiger partial charge in [-0.25, -0.2) is 0 Å². The summed E-state index contributed by atoms with van der Waals surface area (Å²) in [5, 5.41) is 7.27. The molecule has 0 heterocycles. The van der Waals surface area contributed by atoms with E-state index in [1.807, 2.05) is 14.0 Å². The summed E-state index contributed by atoms with van der Waals surface area (Å²) in [5.74, 6) is 1.64. The molecule has 1 saturated carbocycles. The summed E-state index contributed by atoms with van der Waals surface area (Å²) in [5.41, 5.74) is 0. The molecule has 0 bridgehead atoms. The first-order valence-corrected chi connectivity index (χ1v) is 10.4. The van der Waals surface area contributed by atoms with E-state index < -0.39 is 10.8 Å². The number of nitrogens with one attached hydrogen (secondary N) is 2. The largest absolute Gasteiger partial charge is 0.355 e. The van der Waals surface area contributed by atoms with Gasteiger partial charge in [-0.05, 0) is 39.7 Å². The second-order valence-electron chi connectivity index (χ2n) is 6.54. The standard InChI is InChI=1S/C17H36N4OS/c1-6-14(3)21(5)12-11-19-17(18-4)20-15-9-8-10-16(13-15)23(22)7-2/h14-16H,6-13H2,1-5H3,(H2,18,19,20). The zero-order chi connectivity index (χ0) is 17.2. The van der Waals surface area contributed by atoms with Crippen molar-refractivity contribution >= 4 is 16.8 Å². The highest BCUT2D eigenvalue weighted by Crippen LogP contribution is 2.22. The van der Waals surface area contributed by atoms with E-state index in [0.717, 1.165) is 50.5 Å². The van der Waals surface area contributed by atoms with E-state index in [9.17, 15) is 4.21 Å². The van der Waals surface area contributed by atoms with Gasteiger partial charge in [0.25, 0.3) is 0 Å². The van der Waals surface area contributed by atoms with Crippen molar-refractivity contribution in [2.24, 2.45) is 4.99 Å². The molecule has 1 rings (SSSR count). The summed E-state index contributed by atoms with van der Waals surface area (Å²) >= 11 is 0. The molecule has 1 aliphatic carbocycles. The molecule has 1 aliphatic rings. The van der Waals surface area contributed by atoms with Crippen molar-refractivity contribution in [3.8, 4) is 0 Å². The summed E-state index contributed by atoms with van der Waals surface area (Å²) in [4.78, 5) is 6.70. The Kier molecular flexibility index (Phi) is 9.79. The first-order valence-electron chi connectivity index (χ1n) is 9.06. The summed E-state index contributed by atoms with van der Waals surface area (Å²) in [6.45, 7) is 8.37. The third-order valence-electron chi connectivity index (χ3n) is 4.95. The van der Waals surface area contributed by atoms with Crippen molar-refractivity contribution in [1.29, 1.82) is 0 Å². The fraction of sp³-hybridized carbons (Fsp3) is 0.941. The smallest absolute Gasteiger partial charge is 0.191 e. The van der Waals surface area contributed by atoms with Crippen LogP contribution in [0.1, 0.15) is 52.9 Å². The molecule has 1 fully saturated rings. The Bertz CT molecular complexity index is 389. The van der Waals surface area contributed by atoms with Crippen LogP contribution in [-0.4, -0.2) is 65.3 Å². The number of nitrogens with zero attached hydrogens (tertiary/aromatic N) is 2. The van der Waals surface area contributed by atoms with Gasteiger partial charge in [0.05, 0.1) is 0 Å². The van der Waals surface area contributed by atoms with E-state index in [0.29, 0.717) is 17.3 Å². The number of aliphatic imine (C=N–C) groups is 1. The molecule has 0 aromatic carbocycles. The van der Waals surface area contributed by atoms with Gasteiger partial charge in [0.1, 0.15) is 0 Å². The number of likely N-dealkylation sites (N-methyl/N-ethyl adjacent to an activating group) is 1. The number of guanidine groups is 1. The maximum atomic E-state index is 12.0. The van der Waals surface area contributed by atoms with Crippen LogP contribution < -0.4 is 10.6 Å². The molecule has 4 unspecified atom stereocenters. The van der Waals surface area contributed by atoms with Gasteiger partial charge in [0.15, 0.2) is 5.96 Å². The molecular formula is C17H36N4OS. The molecule has 136 valence electrons. The molecule has 0 radical (unpaired) electrons. The van der Waals surface area contributed by atoms with Gasteiger partial charge in [0, 0.05) is 54.0 Å². The lowest BCUT2D eigenvalue weighted by atomic mass is 9.95. The lowest BCUT2D eigenvalue weighted by Gasteiger charge is -2.30. The quantitative estimate of drug-likeness (QED) is 0.522. The van der Waals surface area contributed by atoms with Gasteiger partial charge in [-0.2, -0.15) is 0 Å². The molecule has 4 atom stereocenters. The van der Waals surface area contributed by atoms with Crippen LogP contribution in [-0.2, 0) is 10.8 Å². The maximum absolute atomic E-state index is 12.0. The maximum Gasteiger partial charge on any atom is 0.191 e. The minimum Gasteiger partial charge on any atom is -0.355 e. The number of hydrogen-bond donors (Lipinski definition) is 2. The van der Waals surface area contributed by atoms with Crippen molar-refractivity contribution in [3.05, 3.63) is 0 Å². The molecule has 0 aliphatic heterocycles. The average Bonchev–Trinajstić information content (AvgIpc) is 2.59. The topological polar surface area (TPSA) is 56.7 Å². The fourth-order valence-corrected chi connectivity index (χ4v) is 4.37. The van der Waals surface area contributed by atoms with Gasteiger partial charge in [-0.3, -0.25) is 9.20 Å². The Morgan fingerprint density at radius 1 is 1.39 bits per heavy atom. The monoisotopic (exact) mass is 344 g/mol. The highest BCUT2D eigenvalue weighted by molar-refractivity contribution is 7.85. The Balaban J connectivity index is 2.37. The predicted molar refractivity (Wildman–Crippen MR) is 102 cm³/mol. The van der Waals surface area contributed by atoms with Crippen LogP contribution in [0.5, 0.6) is 0 Å². The van der Waals surface area contributed by atoms with Crippen molar-refractivity contribution in [2.45, 2.75) is 70.2 Å². The second kappa shape index (κ2) is 11.0. The molecule has 6 heteroatoms. The third kappa shape index (κ3) is 7.21. The number of rotatable bonds is 8. The van der Waals surface area contributed by atoms with Gasteiger partial charge in [0.2, 0.25) is 0 Å². The lowest BCUT2D eigenvalue weighted by molar-refractivity contribution is 0.255. The molecule has 0 spiro atoms. The molecule has 0 saturated heterocycles. The zero-order valence-electron chi connectivity index (χ0n) is 15.6. The average molecular weight is 345 g/mol. The third-order valence-corrected chi connectivity index (χ3v) is 6.69. The highest BCUT2D eigenvalue weighted by atomic mass is 32.2. The summed E-state index contributed by atoms with van der Waals surface area (Å²) in [6.07, 6.45) is 5.56. The Morgan fingerprint density at radius 2 is 2.13 bits per heavy atom. The Labute approximate surface area is 145 Å². The van der Waals surface area contributed by atoms with Crippen LogP contribution in [0.25, 0.3) is 0 Å². The van der Waals surface area contributed by atoms with E-state index in [-0.39, 0.29) is 0 Å². The van der Waals surface area contributed by atoms with Crippen molar-refractivity contribution in [2.75, 3.05) is 32.9 Å². The Morgan fingerprint density at radius 3 is 2.74 bits per heavy atom. The van der Waals surface area contributed by atoms with E-state index >= 15 is 0 Å². The first-order chi connectivity index (χ1) is 11.0. The zero-order valence-corrected chi connectivity index (χ0v) is 16.4. The fourth-order valence-electron chi connectivity index (χ4n) is 3.02. The van der Waals surface area contributed by atoms with E-state index in [1.54, 1.807) is 0 Å². The SMILES string of the molecule is CCC(C)N(C)CCNC(=NC)NC1CCCC(S(=O)CC)C1. The number of hydrogen-bond acceptors (Lipinski definition) is 3. The summed E-state index contributed by atoms with van der Waals surface area (Å²) in [6, 6.07) is 0.998. The van der Waals surface area contributed by atoms with E-state index in [4.69, 9.17) is 0 Å². The molecule has 0 aromatic rings. The van der Waals surface area contributed by atoms with Crippen LogP contribution in [0.3, 0.4) is 0 Å². The van der Waals surface area contributed by atoms with Gasteiger partial charge in [-0.15, -0.1) is 0 Å². The van der Waals surface area contributed by atoms with Gasteiger partial charge in [-0.1, -0.05) is 20.3 Å². The summed E-state index contributed by atoms with van der Waals surface area (Å²) in [7, 11) is 3.31. The van der Waals surface area contributed by atoms with Gasteiger partial charge < -0.3 is 15.5 Å². The van der Waals surface area contributed by atoms with Crippen molar-refractivity contribution in [3.63, 3.8) is 0 Å². The normalized spacial score (nSPS) is 25.2. The Hall–Kier alpha value is -0.620. The first kappa shape index (κ1) is 20.4. The molecule has 2 N–H and O–H groups in total. The molecule has 5 nitrogen and oxygen atoms in total.